The number of amides is 1. The van der Waals surface area contributed by atoms with Gasteiger partial charge in [0.1, 0.15) is 5.82 Å². The molecule has 0 spiro atoms. The van der Waals surface area contributed by atoms with E-state index in [-0.39, 0.29) is 0 Å². The lowest BCUT2D eigenvalue weighted by Crippen LogP contribution is -2.27. The van der Waals surface area contributed by atoms with Crippen LogP contribution >= 0.6 is 0 Å². The highest BCUT2D eigenvalue weighted by atomic mass is 19.1. The van der Waals surface area contributed by atoms with Crippen molar-refractivity contribution in [3.63, 3.8) is 0 Å². The van der Waals surface area contributed by atoms with Crippen molar-refractivity contribution in [2.24, 2.45) is 11.8 Å². The molecule has 5 nitrogen and oxygen atoms in total. The second-order valence-corrected chi connectivity index (χ2v) is 4.73. The number of hydrogen-bond donors (Lipinski definition) is 1. The second-order valence-electron chi connectivity index (χ2n) is 4.73. The van der Waals surface area contributed by atoms with Crippen molar-refractivity contribution in [2.75, 3.05) is 6.54 Å². The molecule has 2 atom stereocenters. The number of nitro benzene ring substituents is 1. The van der Waals surface area contributed by atoms with E-state index in [1.165, 1.54) is 0 Å². The van der Waals surface area contributed by atoms with E-state index in [1.54, 1.807) is 0 Å². The number of halogens is 2. The molecule has 2 rings (SSSR count). The van der Waals surface area contributed by atoms with Gasteiger partial charge in [0, 0.05) is 6.54 Å². The fraction of sp³-hybridized carbons (Fsp3) is 0.417. The monoisotopic (exact) mass is 270 g/mol. The Morgan fingerprint density at radius 3 is 2.68 bits per heavy atom. The number of hydrogen-bond acceptors (Lipinski definition) is 3. The van der Waals surface area contributed by atoms with Crippen LogP contribution in [-0.4, -0.2) is 17.4 Å². The Balaban J connectivity index is 2.18. The molecule has 1 aliphatic rings. The molecule has 1 amide bonds. The van der Waals surface area contributed by atoms with Gasteiger partial charge < -0.3 is 5.32 Å². The van der Waals surface area contributed by atoms with Gasteiger partial charge in [0.15, 0.2) is 0 Å². The summed E-state index contributed by atoms with van der Waals surface area (Å²) < 4.78 is 26.9. The standard InChI is InChI=1S/C12H12F2N2O3/c1-6-2-7(6)5-15-12(17)9-3-8(13)4-10(11(9)14)16(18)19/h3-4,6-7H,2,5H2,1H3,(H,15,17). The van der Waals surface area contributed by atoms with Gasteiger partial charge in [-0.2, -0.15) is 4.39 Å². The maximum absolute atomic E-state index is 13.7. The predicted octanol–water partition coefficient (Wildman–Crippen LogP) is 2.26. The number of rotatable bonds is 4. The first-order valence-corrected chi connectivity index (χ1v) is 5.81. The molecule has 2 unspecified atom stereocenters. The molecule has 1 aliphatic carbocycles. The van der Waals surface area contributed by atoms with Crippen LogP contribution in [-0.2, 0) is 0 Å². The van der Waals surface area contributed by atoms with Gasteiger partial charge in [-0.25, -0.2) is 4.39 Å². The minimum atomic E-state index is -1.31. The van der Waals surface area contributed by atoms with Gasteiger partial charge >= 0.3 is 5.69 Å². The normalized spacial score (nSPS) is 21.0. The van der Waals surface area contributed by atoms with E-state index in [0.29, 0.717) is 30.5 Å². The number of nitrogens with zero attached hydrogens (tertiary/aromatic N) is 1. The molecular formula is C12H12F2N2O3. The van der Waals surface area contributed by atoms with Gasteiger partial charge in [-0.1, -0.05) is 6.92 Å². The third-order valence-electron chi connectivity index (χ3n) is 3.26. The molecule has 0 bridgehead atoms. The van der Waals surface area contributed by atoms with Crippen molar-refractivity contribution in [1.82, 2.24) is 5.32 Å². The number of benzene rings is 1. The first-order chi connectivity index (χ1) is 8.90. The summed E-state index contributed by atoms with van der Waals surface area (Å²) >= 11 is 0. The van der Waals surface area contributed by atoms with Gasteiger partial charge in [-0.05, 0) is 24.3 Å². The summed E-state index contributed by atoms with van der Waals surface area (Å²) in [4.78, 5) is 21.2. The van der Waals surface area contributed by atoms with Crippen LogP contribution in [0.25, 0.3) is 0 Å². The van der Waals surface area contributed by atoms with Crippen LogP contribution in [0.3, 0.4) is 0 Å². The minimum Gasteiger partial charge on any atom is -0.352 e. The molecule has 7 heteroatoms. The summed E-state index contributed by atoms with van der Waals surface area (Å²) in [7, 11) is 0. The summed E-state index contributed by atoms with van der Waals surface area (Å²) in [5.74, 6) is -2.31. The molecule has 1 fully saturated rings. The highest BCUT2D eigenvalue weighted by Crippen LogP contribution is 2.36. The van der Waals surface area contributed by atoms with E-state index >= 15 is 0 Å². The lowest BCUT2D eigenvalue weighted by molar-refractivity contribution is -0.387. The third kappa shape index (κ3) is 2.86. The van der Waals surface area contributed by atoms with Gasteiger partial charge in [-0.3, -0.25) is 14.9 Å². The Labute approximate surface area is 107 Å². The fourth-order valence-electron chi connectivity index (χ4n) is 1.88. The molecule has 0 radical (unpaired) electrons. The van der Waals surface area contributed by atoms with Crippen molar-refractivity contribution in [3.8, 4) is 0 Å². The summed E-state index contributed by atoms with van der Waals surface area (Å²) in [6.45, 7) is 2.38. The highest BCUT2D eigenvalue weighted by Gasteiger charge is 2.33. The van der Waals surface area contributed by atoms with Crippen LogP contribution in [0.1, 0.15) is 23.7 Å². The van der Waals surface area contributed by atoms with Crippen LogP contribution in [0.4, 0.5) is 14.5 Å². The maximum Gasteiger partial charge on any atom is 0.308 e. The first kappa shape index (κ1) is 13.4. The molecule has 0 aliphatic heterocycles. The van der Waals surface area contributed by atoms with E-state index < -0.39 is 33.7 Å². The maximum atomic E-state index is 13.7. The summed E-state index contributed by atoms with van der Waals surface area (Å²) in [5.41, 5.74) is -1.68. The van der Waals surface area contributed by atoms with Crippen molar-refractivity contribution in [2.45, 2.75) is 13.3 Å². The van der Waals surface area contributed by atoms with Crippen LogP contribution in [0.2, 0.25) is 0 Å². The number of nitrogens with one attached hydrogen (secondary N) is 1. The lowest BCUT2D eigenvalue weighted by atomic mass is 10.1. The Morgan fingerprint density at radius 1 is 1.53 bits per heavy atom. The molecule has 1 aromatic carbocycles. The molecule has 19 heavy (non-hydrogen) atoms. The highest BCUT2D eigenvalue weighted by molar-refractivity contribution is 5.95. The topological polar surface area (TPSA) is 72.2 Å². The Hall–Kier alpha value is -2.05. The number of carbonyl (C=O) groups excluding carboxylic acids is 1. The van der Waals surface area contributed by atoms with Crippen LogP contribution < -0.4 is 5.32 Å². The molecule has 102 valence electrons. The summed E-state index contributed by atoms with van der Waals surface area (Å²) in [5, 5.41) is 13.0. The van der Waals surface area contributed by atoms with E-state index in [1.807, 2.05) is 6.92 Å². The Kier molecular flexibility index (Phi) is 3.46. The molecule has 0 heterocycles. The van der Waals surface area contributed by atoms with Gasteiger partial charge in [0.05, 0.1) is 16.6 Å². The molecular weight excluding hydrogens is 258 g/mol. The Bertz CT molecular complexity index is 548. The van der Waals surface area contributed by atoms with E-state index in [4.69, 9.17) is 0 Å². The lowest BCUT2D eigenvalue weighted by Gasteiger charge is -2.06. The second kappa shape index (κ2) is 4.91. The first-order valence-electron chi connectivity index (χ1n) is 5.81. The minimum absolute atomic E-state index is 0.343. The fourth-order valence-corrected chi connectivity index (χ4v) is 1.88. The zero-order chi connectivity index (χ0) is 14.2. The van der Waals surface area contributed by atoms with E-state index in [2.05, 4.69) is 5.32 Å². The molecule has 0 aromatic heterocycles. The van der Waals surface area contributed by atoms with Gasteiger partial charge in [0.25, 0.3) is 5.91 Å². The van der Waals surface area contributed by atoms with E-state index in [9.17, 15) is 23.7 Å². The van der Waals surface area contributed by atoms with Crippen molar-refractivity contribution in [1.29, 1.82) is 0 Å². The molecule has 0 saturated heterocycles. The Morgan fingerprint density at radius 2 is 2.16 bits per heavy atom. The molecule has 1 aromatic rings. The zero-order valence-electron chi connectivity index (χ0n) is 10.2. The van der Waals surface area contributed by atoms with Crippen LogP contribution in [0, 0.1) is 33.6 Å². The van der Waals surface area contributed by atoms with Crippen molar-refractivity contribution < 1.29 is 18.5 Å². The number of carbonyl (C=O) groups is 1. The van der Waals surface area contributed by atoms with Crippen LogP contribution in [0.5, 0.6) is 0 Å². The summed E-state index contributed by atoms with van der Waals surface area (Å²) in [6.07, 6.45) is 0.978. The van der Waals surface area contributed by atoms with Gasteiger partial charge in [-0.15, -0.1) is 0 Å². The smallest absolute Gasteiger partial charge is 0.308 e. The third-order valence-corrected chi connectivity index (χ3v) is 3.26. The van der Waals surface area contributed by atoms with Crippen molar-refractivity contribution in [3.05, 3.63) is 39.4 Å². The SMILES string of the molecule is CC1CC1CNC(=O)c1cc(F)cc([N+](=O)[O-])c1F. The van der Waals surface area contributed by atoms with Gasteiger partial charge in [0.2, 0.25) is 5.82 Å². The summed E-state index contributed by atoms with van der Waals surface area (Å²) in [6, 6.07) is 1.11. The van der Waals surface area contributed by atoms with Crippen molar-refractivity contribution >= 4 is 11.6 Å². The molecule has 1 N–H and O–H groups in total. The number of nitro groups is 1. The zero-order valence-corrected chi connectivity index (χ0v) is 10.2. The quantitative estimate of drug-likeness (QED) is 0.673. The predicted molar refractivity (Wildman–Crippen MR) is 62.6 cm³/mol. The van der Waals surface area contributed by atoms with E-state index in [0.717, 1.165) is 6.42 Å². The average molecular weight is 270 g/mol. The average Bonchev–Trinajstić information content (AvgIpc) is 3.04. The molecule has 1 saturated carbocycles. The largest absolute Gasteiger partial charge is 0.352 e. The van der Waals surface area contributed by atoms with Crippen LogP contribution in [0.15, 0.2) is 12.1 Å².